The number of ether oxygens (including phenoxy) is 5. The average Bonchev–Trinajstić information content (AvgIpc) is 3.23. The summed E-state index contributed by atoms with van der Waals surface area (Å²) in [6.45, 7) is 5.45. The molecule has 0 bridgehead atoms. The lowest BCUT2D eigenvalue weighted by molar-refractivity contribution is -0.157. The van der Waals surface area contributed by atoms with Gasteiger partial charge in [0, 0.05) is 12.3 Å². The number of carbonyl (C=O) groups excluding carboxylic acids is 2. The lowest BCUT2D eigenvalue weighted by atomic mass is 9.98. The molecule has 1 aliphatic carbocycles. The highest BCUT2D eigenvalue weighted by Gasteiger charge is 2.31. The number of amides is 1. The van der Waals surface area contributed by atoms with Crippen LogP contribution in [0.25, 0.3) is 11.1 Å². The van der Waals surface area contributed by atoms with Gasteiger partial charge in [-0.05, 0) is 60.7 Å². The van der Waals surface area contributed by atoms with E-state index in [0.717, 1.165) is 22.3 Å². The Morgan fingerprint density at radius 3 is 1.87 bits per heavy atom. The largest absolute Gasteiger partial charge is 0.493 e. The minimum atomic E-state index is -1.01. The SMILES string of the molecule is COc1cc(C[C@H](NC(=O)OCC2c3ccccc3-c3ccccc32)C(=O)OC(C)(C)C)cc(OC)c1OC. The van der Waals surface area contributed by atoms with Crippen molar-refractivity contribution in [2.24, 2.45) is 0 Å². The monoisotopic (exact) mass is 533 g/mol. The first-order chi connectivity index (χ1) is 18.6. The Balaban J connectivity index is 1.53. The summed E-state index contributed by atoms with van der Waals surface area (Å²) < 4.78 is 27.6. The quantitative estimate of drug-likeness (QED) is 0.363. The minimum absolute atomic E-state index is 0.0989. The molecule has 39 heavy (non-hydrogen) atoms. The Morgan fingerprint density at radius 2 is 1.38 bits per heavy atom. The van der Waals surface area contributed by atoms with E-state index in [1.807, 2.05) is 24.3 Å². The van der Waals surface area contributed by atoms with Crippen molar-refractivity contribution in [1.29, 1.82) is 0 Å². The molecule has 1 N–H and O–H groups in total. The summed E-state index contributed by atoms with van der Waals surface area (Å²) in [7, 11) is 4.55. The highest BCUT2D eigenvalue weighted by Crippen LogP contribution is 2.44. The second-order valence-electron chi connectivity index (χ2n) is 10.3. The molecule has 0 spiro atoms. The Bertz CT molecular complexity index is 1270. The summed E-state index contributed by atoms with van der Waals surface area (Å²) in [6.07, 6.45) is -0.587. The van der Waals surface area contributed by atoms with Crippen LogP contribution >= 0.6 is 0 Å². The maximum absolute atomic E-state index is 13.1. The van der Waals surface area contributed by atoms with E-state index >= 15 is 0 Å². The molecule has 0 saturated carbocycles. The number of hydrogen-bond acceptors (Lipinski definition) is 7. The number of hydrogen-bond donors (Lipinski definition) is 1. The van der Waals surface area contributed by atoms with E-state index in [-0.39, 0.29) is 18.9 Å². The van der Waals surface area contributed by atoms with Gasteiger partial charge in [0.25, 0.3) is 0 Å². The highest BCUT2D eigenvalue weighted by molar-refractivity contribution is 5.82. The van der Waals surface area contributed by atoms with E-state index in [1.165, 1.54) is 21.3 Å². The summed E-state index contributed by atoms with van der Waals surface area (Å²) in [5.41, 5.74) is 4.42. The zero-order valence-corrected chi connectivity index (χ0v) is 23.2. The van der Waals surface area contributed by atoms with Gasteiger partial charge in [0.1, 0.15) is 18.2 Å². The lowest BCUT2D eigenvalue weighted by Crippen LogP contribution is -2.46. The predicted octanol–water partition coefficient (Wildman–Crippen LogP) is 5.50. The maximum atomic E-state index is 13.1. The Labute approximate surface area is 229 Å². The van der Waals surface area contributed by atoms with Crippen molar-refractivity contribution >= 4 is 12.1 Å². The fourth-order valence-electron chi connectivity index (χ4n) is 4.84. The molecule has 0 aromatic heterocycles. The average molecular weight is 534 g/mol. The Hall–Kier alpha value is -4.20. The van der Waals surface area contributed by atoms with E-state index in [2.05, 4.69) is 29.6 Å². The standard InChI is InChI=1S/C31H35NO7/c1-31(2,3)39-29(33)25(15-19-16-26(35-4)28(37-6)27(17-19)36-5)32-30(34)38-18-24-22-13-9-7-11-20(22)21-12-8-10-14-23(21)24/h7-14,16-17,24-25H,15,18H2,1-6H3,(H,32,34)/t25-/m0/s1. The van der Waals surface area contributed by atoms with Gasteiger partial charge in [0.05, 0.1) is 21.3 Å². The number of carbonyl (C=O) groups is 2. The molecular weight excluding hydrogens is 498 g/mol. The van der Waals surface area contributed by atoms with Gasteiger partial charge in [-0.1, -0.05) is 48.5 Å². The third kappa shape index (κ3) is 6.28. The Morgan fingerprint density at radius 1 is 0.846 bits per heavy atom. The molecule has 8 nitrogen and oxygen atoms in total. The van der Waals surface area contributed by atoms with Gasteiger partial charge in [0.2, 0.25) is 5.75 Å². The van der Waals surface area contributed by atoms with Crippen LogP contribution in [0, 0.1) is 0 Å². The van der Waals surface area contributed by atoms with Crippen molar-refractivity contribution < 1.29 is 33.3 Å². The zero-order valence-electron chi connectivity index (χ0n) is 23.2. The molecule has 0 saturated heterocycles. The van der Waals surface area contributed by atoms with Crippen LogP contribution in [0.5, 0.6) is 17.2 Å². The van der Waals surface area contributed by atoms with Crippen molar-refractivity contribution in [2.45, 2.75) is 44.8 Å². The van der Waals surface area contributed by atoms with Crippen LogP contribution in [-0.4, -0.2) is 51.6 Å². The van der Waals surface area contributed by atoms with Crippen molar-refractivity contribution in [3.8, 4) is 28.4 Å². The van der Waals surface area contributed by atoms with Gasteiger partial charge >= 0.3 is 12.1 Å². The number of rotatable bonds is 9. The fourth-order valence-corrected chi connectivity index (χ4v) is 4.84. The van der Waals surface area contributed by atoms with Crippen LogP contribution in [0.2, 0.25) is 0 Å². The zero-order chi connectivity index (χ0) is 28.2. The third-order valence-electron chi connectivity index (χ3n) is 6.49. The van der Waals surface area contributed by atoms with Crippen LogP contribution in [-0.2, 0) is 20.7 Å². The molecule has 1 aliphatic rings. The second kappa shape index (κ2) is 11.7. The first-order valence-electron chi connectivity index (χ1n) is 12.8. The van der Waals surface area contributed by atoms with E-state index in [4.69, 9.17) is 23.7 Å². The number of fused-ring (bicyclic) bond motifs is 3. The number of benzene rings is 3. The van der Waals surface area contributed by atoms with Crippen molar-refractivity contribution in [3.63, 3.8) is 0 Å². The first-order valence-corrected chi connectivity index (χ1v) is 12.8. The third-order valence-corrected chi connectivity index (χ3v) is 6.49. The maximum Gasteiger partial charge on any atom is 0.407 e. The van der Waals surface area contributed by atoms with E-state index in [1.54, 1.807) is 32.9 Å². The Kier molecular flexibility index (Phi) is 8.33. The van der Waals surface area contributed by atoms with Crippen molar-refractivity contribution in [2.75, 3.05) is 27.9 Å². The summed E-state index contributed by atoms with van der Waals surface area (Å²) in [5.74, 6) is 0.636. The van der Waals surface area contributed by atoms with E-state index in [9.17, 15) is 9.59 Å². The van der Waals surface area contributed by atoms with Crippen LogP contribution < -0.4 is 19.5 Å². The molecular formula is C31H35NO7. The lowest BCUT2D eigenvalue weighted by Gasteiger charge is -2.25. The molecule has 4 rings (SSSR count). The highest BCUT2D eigenvalue weighted by atomic mass is 16.6. The molecule has 1 atom stereocenters. The van der Waals surface area contributed by atoms with Gasteiger partial charge in [0.15, 0.2) is 11.5 Å². The summed E-state index contributed by atoms with van der Waals surface area (Å²) in [4.78, 5) is 26.2. The first kappa shape index (κ1) is 27.8. The minimum Gasteiger partial charge on any atom is -0.493 e. The molecule has 3 aromatic rings. The van der Waals surface area contributed by atoms with Gasteiger partial charge in [-0.15, -0.1) is 0 Å². The second-order valence-corrected chi connectivity index (χ2v) is 10.3. The molecule has 0 unspecified atom stereocenters. The van der Waals surface area contributed by atoms with Gasteiger partial charge in [-0.2, -0.15) is 0 Å². The molecule has 8 heteroatoms. The summed E-state index contributed by atoms with van der Waals surface area (Å²) >= 11 is 0. The van der Waals surface area contributed by atoms with E-state index in [0.29, 0.717) is 22.8 Å². The number of esters is 1. The van der Waals surface area contributed by atoms with Crippen LogP contribution in [0.1, 0.15) is 43.4 Å². The molecule has 0 heterocycles. The van der Waals surface area contributed by atoms with Crippen LogP contribution in [0.15, 0.2) is 60.7 Å². The summed E-state index contributed by atoms with van der Waals surface area (Å²) in [5, 5.41) is 2.71. The van der Waals surface area contributed by atoms with Crippen LogP contribution in [0.3, 0.4) is 0 Å². The molecule has 1 amide bonds. The number of nitrogens with one attached hydrogen (secondary N) is 1. The smallest absolute Gasteiger partial charge is 0.407 e. The molecule has 0 radical (unpaired) electrons. The van der Waals surface area contributed by atoms with Crippen molar-refractivity contribution in [3.05, 3.63) is 77.4 Å². The normalized spacial score (nSPS) is 13.1. The molecule has 0 fully saturated rings. The van der Waals surface area contributed by atoms with Gasteiger partial charge in [-0.3, -0.25) is 0 Å². The predicted molar refractivity (Wildman–Crippen MR) is 148 cm³/mol. The van der Waals surface area contributed by atoms with Gasteiger partial charge in [-0.25, -0.2) is 9.59 Å². The fraction of sp³-hybridized carbons (Fsp3) is 0.355. The molecule has 206 valence electrons. The summed E-state index contributed by atoms with van der Waals surface area (Å²) in [6, 6.07) is 18.7. The topological polar surface area (TPSA) is 92.3 Å². The molecule has 0 aliphatic heterocycles. The van der Waals surface area contributed by atoms with E-state index < -0.39 is 23.7 Å². The number of alkyl carbamates (subject to hydrolysis) is 1. The van der Waals surface area contributed by atoms with Crippen LogP contribution in [0.4, 0.5) is 4.79 Å². The van der Waals surface area contributed by atoms with Gasteiger partial charge < -0.3 is 29.0 Å². The van der Waals surface area contributed by atoms with Crippen molar-refractivity contribution in [1.82, 2.24) is 5.32 Å². The number of methoxy groups -OCH3 is 3. The molecule has 3 aromatic carbocycles.